The number of rotatable bonds is 8. The Morgan fingerprint density at radius 1 is 1.24 bits per heavy atom. The van der Waals surface area contributed by atoms with Gasteiger partial charge in [0.15, 0.2) is 0 Å². The molecule has 0 aliphatic carbocycles. The molecule has 1 rings (SSSR count). The van der Waals surface area contributed by atoms with Crippen LogP contribution in [0.2, 0.25) is 0 Å². The molecule has 17 heavy (non-hydrogen) atoms. The molecule has 0 aromatic rings. The third-order valence-corrected chi connectivity index (χ3v) is 4.03. The fourth-order valence-corrected chi connectivity index (χ4v) is 2.68. The normalized spacial score (nSPS) is 23.3. The first-order valence-electron chi connectivity index (χ1n) is 7.80. The minimum Gasteiger partial charge on any atom is -0.315 e. The largest absolute Gasteiger partial charge is 0.315 e. The second-order valence-corrected chi connectivity index (χ2v) is 5.58. The van der Waals surface area contributed by atoms with Gasteiger partial charge in [-0.3, -0.25) is 0 Å². The number of hydrogen-bond donors (Lipinski definition) is 2. The summed E-state index contributed by atoms with van der Waals surface area (Å²) in [7, 11) is 0. The molecular weight excluding hydrogens is 208 g/mol. The molecule has 1 heterocycles. The second-order valence-electron chi connectivity index (χ2n) is 5.58. The second kappa shape index (κ2) is 9.90. The SMILES string of the molecule is CCCCC(CC)CNCC1CCCCCN1. The minimum absolute atomic E-state index is 0.723. The fourth-order valence-electron chi connectivity index (χ4n) is 2.68. The van der Waals surface area contributed by atoms with E-state index >= 15 is 0 Å². The highest BCUT2D eigenvalue weighted by atomic mass is 15.0. The molecule has 0 bridgehead atoms. The van der Waals surface area contributed by atoms with E-state index in [-0.39, 0.29) is 0 Å². The first kappa shape index (κ1) is 15.0. The average molecular weight is 240 g/mol. The summed E-state index contributed by atoms with van der Waals surface area (Å²) in [5.41, 5.74) is 0. The molecule has 0 aromatic carbocycles. The van der Waals surface area contributed by atoms with Gasteiger partial charge in [-0.15, -0.1) is 0 Å². The Hall–Kier alpha value is -0.0800. The molecule has 1 aliphatic heterocycles. The van der Waals surface area contributed by atoms with Crippen LogP contribution in [0.3, 0.4) is 0 Å². The van der Waals surface area contributed by atoms with E-state index in [1.807, 2.05) is 0 Å². The van der Waals surface area contributed by atoms with Crippen molar-refractivity contribution in [1.29, 1.82) is 0 Å². The maximum absolute atomic E-state index is 3.68. The van der Waals surface area contributed by atoms with Crippen molar-refractivity contribution in [2.75, 3.05) is 19.6 Å². The summed E-state index contributed by atoms with van der Waals surface area (Å²) in [5, 5.41) is 7.33. The molecule has 2 unspecified atom stereocenters. The Bertz CT molecular complexity index is 162. The van der Waals surface area contributed by atoms with Crippen LogP contribution in [-0.4, -0.2) is 25.7 Å². The molecule has 0 spiro atoms. The topological polar surface area (TPSA) is 24.1 Å². The molecule has 0 saturated carbocycles. The summed E-state index contributed by atoms with van der Waals surface area (Å²) in [4.78, 5) is 0. The van der Waals surface area contributed by atoms with Crippen LogP contribution in [0.5, 0.6) is 0 Å². The summed E-state index contributed by atoms with van der Waals surface area (Å²) in [6.07, 6.45) is 11.0. The van der Waals surface area contributed by atoms with Crippen molar-refractivity contribution in [3.05, 3.63) is 0 Å². The molecule has 2 nitrogen and oxygen atoms in total. The Morgan fingerprint density at radius 2 is 2.12 bits per heavy atom. The maximum atomic E-state index is 3.68. The third-order valence-electron chi connectivity index (χ3n) is 4.03. The molecular formula is C15H32N2. The van der Waals surface area contributed by atoms with Gasteiger partial charge in [-0.2, -0.15) is 0 Å². The van der Waals surface area contributed by atoms with Crippen molar-refractivity contribution in [3.8, 4) is 0 Å². The highest BCUT2D eigenvalue weighted by Crippen LogP contribution is 2.12. The van der Waals surface area contributed by atoms with Gasteiger partial charge in [-0.25, -0.2) is 0 Å². The van der Waals surface area contributed by atoms with Gasteiger partial charge >= 0.3 is 0 Å². The zero-order chi connectivity index (χ0) is 12.3. The number of nitrogens with one attached hydrogen (secondary N) is 2. The Kier molecular flexibility index (Phi) is 8.72. The first-order chi connectivity index (χ1) is 8.36. The zero-order valence-electron chi connectivity index (χ0n) is 11.9. The summed E-state index contributed by atoms with van der Waals surface area (Å²) in [6.45, 7) is 8.22. The molecule has 2 heteroatoms. The Labute approximate surface area is 108 Å². The minimum atomic E-state index is 0.723. The van der Waals surface area contributed by atoms with E-state index in [1.54, 1.807) is 0 Å². The lowest BCUT2D eigenvalue weighted by Crippen LogP contribution is -2.39. The van der Waals surface area contributed by atoms with Crippen molar-refractivity contribution < 1.29 is 0 Å². The van der Waals surface area contributed by atoms with E-state index in [0.29, 0.717) is 0 Å². The molecule has 0 radical (unpaired) electrons. The monoisotopic (exact) mass is 240 g/mol. The van der Waals surface area contributed by atoms with Crippen LogP contribution in [0.15, 0.2) is 0 Å². The summed E-state index contributed by atoms with van der Waals surface area (Å²) < 4.78 is 0. The summed E-state index contributed by atoms with van der Waals surface area (Å²) in [5.74, 6) is 0.890. The first-order valence-corrected chi connectivity index (χ1v) is 7.80. The molecule has 1 fully saturated rings. The molecule has 0 amide bonds. The number of hydrogen-bond acceptors (Lipinski definition) is 2. The quantitative estimate of drug-likeness (QED) is 0.680. The van der Waals surface area contributed by atoms with Crippen LogP contribution in [0, 0.1) is 5.92 Å². The zero-order valence-corrected chi connectivity index (χ0v) is 11.9. The molecule has 0 aromatic heterocycles. The highest BCUT2D eigenvalue weighted by molar-refractivity contribution is 4.73. The standard InChI is InChI=1S/C15H32N2/c1-3-5-9-14(4-2)12-16-13-15-10-7-6-8-11-17-15/h14-17H,3-13H2,1-2H3. The van der Waals surface area contributed by atoms with Gasteiger partial charge in [-0.1, -0.05) is 46.0 Å². The molecule has 1 saturated heterocycles. The van der Waals surface area contributed by atoms with Crippen LogP contribution in [-0.2, 0) is 0 Å². The van der Waals surface area contributed by atoms with Crippen LogP contribution in [0.4, 0.5) is 0 Å². The lowest BCUT2D eigenvalue weighted by Gasteiger charge is -2.20. The predicted molar refractivity (Wildman–Crippen MR) is 76.4 cm³/mol. The molecule has 2 N–H and O–H groups in total. The van der Waals surface area contributed by atoms with Gasteiger partial charge in [0, 0.05) is 12.6 Å². The van der Waals surface area contributed by atoms with E-state index in [1.165, 1.54) is 71.0 Å². The third kappa shape index (κ3) is 7.05. The van der Waals surface area contributed by atoms with Crippen LogP contribution >= 0.6 is 0 Å². The van der Waals surface area contributed by atoms with Crippen LogP contribution < -0.4 is 10.6 Å². The fraction of sp³-hybridized carbons (Fsp3) is 1.00. The summed E-state index contributed by atoms with van der Waals surface area (Å²) >= 11 is 0. The van der Waals surface area contributed by atoms with Crippen molar-refractivity contribution >= 4 is 0 Å². The van der Waals surface area contributed by atoms with E-state index in [9.17, 15) is 0 Å². The van der Waals surface area contributed by atoms with Crippen molar-refractivity contribution in [3.63, 3.8) is 0 Å². The Balaban J connectivity index is 2.07. The lowest BCUT2D eigenvalue weighted by atomic mass is 9.99. The maximum Gasteiger partial charge on any atom is 0.0192 e. The van der Waals surface area contributed by atoms with Gasteiger partial charge in [0.05, 0.1) is 0 Å². The van der Waals surface area contributed by atoms with Gasteiger partial charge in [0.1, 0.15) is 0 Å². The van der Waals surface area contributed by atoms with Gasteiger partial charge in [0.2, 0.25) is 0 Å². The lowest BCUT2D eigenvalue weighted by molar-refractivity contribution is 0.393. The van der Waals surface area contributed by atoms with Crippen LogP contribution in [0.1, 0.15) is 65.2 Å². The number of unbranched alkanes of at least 4 members (excludes halogenated alkanes) is 1. The van der Waals surface area contributed by atoms with Gasteiger partial charge < -0.3 is 10.6 Å². The predicted octanol–water partition coefficient (Wildman–Crippen LogP) is 3.32. The van der Waals surface area contributed by atoms with Crippen molar-refractivity contribution in [2.45, 2.75) is 71.3 Å². The van der Waals surface area contributed by atoms with Crippen molar-refractivity contribution in [1.82, 2.24) is 10.6 Å². The van der Waals surface area contributed by atoms with Crippen LogP contribution in [0.25, 0.3) is 0 Å². The average Bonchev–Trinajstić information content (AvgIpc) is 2.62. The van der Waals surface area contributed by atoms with Gasteiger partial charge in [0.25, 0.3) is 0 Å². The Morgan fingerprint density at radius 3 is 2.88 bits per heavy atom. The molecule has 102 valence electrons. The highest BCUT2D eigenvalue weighted by Gasteiger charge is 2.11. The van der Waals surface area contributed by atoms with Crippen molar-refractivity contribution in [2.24, 2.45) is 5.92 Å². The molecule has 2 atom stereocenters. The van der Waals surface area contributed by atoms with E-state index < -0.39 is 0 Å². The molecule has 1 aliphatic rings. The van der Waals surface area contributed by atoms with Gasteiger partial charge in [-0.05, 0) is 38.3 Å². The van der Waals surface area contributed by atoms with E-state index in [0.717, 1.165) is 12.0 Å². The summed E-state index contributed by atoms with van der Waals surface area (Å²) in [6, 6.07) is 0.723. The smallest absolute Gasteiger partial charge is 0.0192 e. The van der Waals surface area contributed by atoms with E-state index in [4.69, 9.17) is 0 Å². The van der Waals surface area contributed by atoms with E-state index in [2.05, 4.69) is 24.5 Å².